The van der Waals surface area contributed by atoms with Gasteiger partial charge in [0.05, 0.1) is 0 Å². The lowest BCUT2D eigenvalue weighted by Crippen LogP contribution is -2.51. The van der Waals surface area contributed by atoms with Crippen molar-refractivity contribution in [3.05, 3.63) is 44.8 Å². The van der Waals surface area contributed by atoms with Gasteiger partial charge in [0, 0.05) is 53.8 Å². The molecule has 24 heavy (non-hydrogen) atoms. The van der Waals surface area contributed by atoms with E-state index in [9.17, 15) is 0 Å². The molecule has 0 radical (unpaired) electrons. The number of halogens is 2. The standard InChI is InChI=1S/C16H19BrClN5S/c17-14-2-1-13(18)11-12(14)3-4-20-15(19)22-6-8-23(9-7-22)16-21-5-10-24-16/h1-2,5,10-11H,3-4,6-9H2,(H2,19,20). The summed E-state index contributed by atoms with van der Waals surface area (Å²) in [5.74, 6) is 0.618. The molecular weight excluding hydrogens is 410 g/mol. The monoisotopic (exact) mass is 427 g/mol. The first-order valence-electron chi connectivity index (χ1n) is 7.77. The minimum absolute atomic E-state index is 0.618. The third-order valence-electron chi connectivity index (χ3n) is 3.96. The lowest BCUT2D eigenvalue weighted by Gasteiger charge is -2.35. The lowest BCUT2D eigenvalue weighted by atomic mass is 10.1. The number of nitrogens with two attached hydrogens (primary N) is 1. The predicted molar refractivity (Wildman–Crippen MR) is 105 cm³/mol. The summed E-state index contributed by atoms with van der Waals surface area (Å²) in [5.41, 5.74) is 7.30. The minimum atomic E-state index is 0.618. The molecule has 0 unspecified atom stereocenters. The Kier molecular flexibility index (Phi) is 5.97. The number of hydrogen-bond acceptors (Lipinski definition) is 4. The van der Waals surface area contributed by atoms with E-state index in [2.05, 4.69) is 35.7 Å². The van der Waals surface area contributed by atoms with Crippen LogP contribution in [0.5, 0.6) is 0 Å². The highest BCUT2D eigenvalue weighted by molar-refractivity contribution is 9.10. The van der Waals surface area contributed by atoms with Crippen molar-refractivity contribution in [2.24, 2.45) is 10.7 Å². The smallest absolute Gasteiger partial charge is 0.191 e. The van der Waals surface area contributed by atoms with Gasteiger partial charge in [-0.3, -0.25) is 4.99 Å². The maximum absolute atomic E-state index is 6.15. The fourth-order valence-corrected chi connectivity index (χ4v) is 3.96. The quantitative estimate of drug-likeness (QED) is 0.600. The van der Waals surface area contributed by atoms with Crippen molar-refractivity contribution in [2.75, 3.05) is 37.6 Å². The first-order chi connectivity index (χ1) is 11.6. The molecule has 128 valence electrons. The molecule has 1 fully saturated rings. The van der Waals surface area contributed by atoms with Crippen molar-refractivity contribution < 1.29 is 0 Å². The van der Waals surface area contributed by atoms with Gasteiger partial charge in [-0.1, -0.05) is 27.5 Å². The molecule has 0 saturated carbocycles. The van der Waals surface area contributed by atoms with Gasteiger partial charge in [-0.05, 0) is 30.2 Å². The van der Waals surface area contributed by atoms with E-state index >= 15 is 0 Å². The van der Waals surface area contributed by atoms with Crippen LogP contribution in [0.3, 0.4) is 0 Å². The molecular formula is C16H19BrClN5S. The molecule has 3 rings (SSSR count). The van der Waals surface area contributed by atoms with Crippen LogP contribution in [0.15, 0.2) is 39.2 Å². The summed E-state index contributed by atoms with van der Waals surface area (Å²) < 4.78 is 1.05. The van der Waals surface area contributed by atoms with E-state index < -0.39 is 0 Å². The Balaban J connectivity index is 1.50. The largest absolute Gasteiger partial charge is 0.370 e. The summed E-state index contributed by atoms with van der Waals surface area (Å²) in [4.78, 5) is 13.3. The van der Waals surface area contributed by atoms with Crippen LogP contribution in [0.1, 0.15) is 5.56 Å². The van der Waals surface area contributed by atoms with Crippen LogP contribution in [0.4, 0.5) is 5.13 Å². The number of thiazole rings is 1. The molecule has 2 aromatic rings. The Morgan fingerprint density at radius 2 is 2.12 bits per heavy atom. The Hall–Kier alpha value is -1.31. The molecule has 1 aliphatic heterocycles. The van der Waals surface area contributed by atoms with E-state index in [4.69, 9.17) is 17.3 Å². The molecule has 8 heteroatoms. The highest BCUT2D eigenvalue weighted by atomic mass is 79.9. The van der Waals surface area contributed by atoms with Gasteiger partial charge in [0.25, 0.3) is 0 Å². The van der Waals surface area contributed by atoms with E-state index in [0.717, 1.165) is 52.8 Å². The lowest BCUT2D eigenvalue weighted by molar-refractivity contribution is 0.380. The third-order valence-corrected chi connectivity index (χ3v) is 5.80. The van der Waals surface area contributed by atoms with Gasteiger partial charge in [0.1, 0.15) is 0 Å². The van der Waals surface area contributed by atoms with Crippen LogP contribution in [0, 0.1) is 0 Å². The Morgan fingerprint density at radius 3 is 2.83 bits per heavy atom. The molecule has 1 aromatic carbocycles. The summed E-state index contributed by atoms with van der Waals surface area (Å²) >= 11 is 11.3. The summed E-state index contributed by atoms with van der Waals surface area (Å²) in [5, 5.41) is 3.82. The number of hydrogen-bond donors (Lipinski definition) is 1. The molecule has 2 N–H and O–H groups in total. The molecule has 1 aliphatic rings. The van der Waals surface area contributed by atoms with Gasteiger partial charge in [-0.25, -0.2) is 4.98 Å². The normalized spacial score (nSPS) is 15.8. The Morgan fingerprint density at radius 1 is 1.33 bits per heavy atom. The fourth-order valence-electron chi connectivity index (χ4n) is 2.62. The van der Waals surface area contributed by atoms with Gasteiger partial charge in [0.2, 0.25) is 0 Å². The summed E-state index contributed by atoms with van der Waals surface area (Å²) in [6.07, 6.45) is 2.65. The van der Waals surface area contributed by atoms with E-state index in [1.165, 1.54) is 0 Å². The van der Waals surface area contributed by atoms with Gasteiger partial charge < -0.3 is 15.5 Å². The highest BCUT2D eigenvalue weighted by Crippen LogP contribution is 2.22. The van der Waals surface area contributed by atoms with E-state index in [-0.39, 0.29) is 0 Å². The second-order valence-electron chi connectivity index (χ2n) is 5.51. The summed E-state index contributed by atoms with van der Waals surface area (Å²) in [6, 6.07) is 5.79. The van der Waals surface area contributed by atoms with E-state index in [0.29, 0.717) is 12.5 Å². The first-order valence-corrected chi connectivity index (χ1v) is 9.82. The van der Waals surface area contributed by atoms with Crippen LogP contribution in [0.25, 0.3) is 0 Å². The Labute approximate surface area is 159 Å². The molecule has 1 saturated heterocycles. The zero-order valence-electron chi connectivity index (χ0n) is 13.2. The van der Waals surface area contributed by atoms with E-state index in [1.54, 1.807) is 11.3 Å². The number of rotatable bonds is 4. The number of benzene rings is 1. The summed E-state index contributed by atoms with van der Waals surface area (Å²) in [6.45, 7) is 4.23. The van der Waals surface area contributed by atoms with Gasteiger partial charge >= 0.3 is 0 Å². The molecule has 0 amide bonds. The second kappa shape index (κ2) is 8.18. The van der Waals surface area contributed by atoms with Crippen LogP contribution in [0.2, 0.25) is 5.02 Å². The molecule has 0 aliphatic carbocycles. The number of aliphatic imine (C=N–C) groups is 1. The summed E-state index contributed by atoms with van der Waals surface area (Å²) in [7, 11) is 0. The average Bonchev–Trinajstić information content (AvgIpc) is 3.12. The first kappa shape index (κ1) is 17.5. The predicted octanol–water partition coefficient (Wildman–Crippen LogP) is 3.24. The number of guanidine groups is 1. The van der Waals surface area contributed by atoms with Crippen LogP contribution < -0.4 is 10.6 Å². The third kappa shape index (κ3) is 4.40. The number of aromatic nitrogens is 1. The van der Waals surface area contributed by atoms with Gasteiger partial charge in [0.15, 0.2) is 11.1 Å². The average molecular weight is 429 g/mol. The number of nitrogens with zero attached hydrogens (tertiary/aromatic N) is 4. The van der Waals surface area contributed by atoms with Crippen LogP contribution in [-0.4, -0.2) is 48.6 Å². The maximum atomic E-state index is 6.15. The van der Waals surface area contributed by atoms with Crippen LogP contribution >= 0.6 is 38.9 Å². The molecule has 0 spiro atoms. The van der Waals surface area contributed by atoms with Crippen molar-refractivity contribution in [3.63, 3.8) is 0 Å². The van der Waals surface area contributed by atoms with Crippen molar-refractivity contribution >= 4 is 50.0 Å². The zero-order valence-corrected chi connectivity index (χ0v) is 16.3. The van der Waals surface area contributed by atoms with Crippen molar-refractivity contribution in [1.29, 1.82) is 0 Å². The van der Waals surface area contributed by atoms with Gasteiger partial charge in [-0.15, -0.1) is 11.3 Å². The molecule has 1 aromatic heterocycles. The van der Waals surface area contributed by atoms with Crippen molar-refractivity contribution in [2.45, 2.75) is 6.42 Å². The minimum Gasteiger partial charge on any atom is -0.370 e. The van der Waals surface area contributed by atoms with Crippen molar-refractivity contribution in [3.8, 4) is 0 Å². The molecule has 2 heterocycles. The number of piperazine rings is 1. The van der Waals surface area contributed by atoms with Crippen LogP contribution in [-0.2, 0) is 6.42 Å². The second-order valence-corrected chi connectivity index (χ2v) is 7.68. The Bertz CT molecular complexity index is 698. The topological polar surface area (TPSA) is 57.8 Å². The van der Waals surface area contributed by atoms with Gasteiger partial charge in [-0.2, -0.15) is 0 Å². The zero-order chi connectivity index (χ0) is 16.9. The fraction of sp³-hybridized carbons (Fsp3) is 0.375. The molecule has 0 atom stereocenters. The highest BCUT2D eigenvalue weighted by Gasteiger charge is 2.19. The molecule has 5 nitrogen and oxygen atoms in total. The molecule has 0 bridgehead atoms. The van der Waals surface area contributed by atoms with Crippen molar-refractivity contribution in [1.82, 2.24) is 9.88 Å². The number of anilines is 1. The maximum Gasteiger partial charge on any atom is 0.191 e. The SMILES string of the molecule is NC(=NCCc1cc(Cl)ccc1Br)N1CCN(c2nccs2)CC1. The van der Waals surface area contributed by atoms with E-state index in [1.807, 2.05) is 29.8 Å².